The smallest absolute Gasteiger partial charge is 0.163 e. The van der Waals surface area contributed by atoms with Crippen molar-refractivity contribution in [3.05, 3.63) is 0 Å². The molecule has 2 N–H and O–H groups in total. The molecule has 1 unspecified atom stereocenters. The SMILES string of the molecule is NC1CCN(CC23CC4CC(CC(C4)C2)C3)CC1=O. The van der Waals surface area contributed by atoms with Crippen molar-refractivity contribution in [1.29, 1.82) is 0 Å². The molecule has 5 fully saturated rings. The van der Waals surface area contributed by atoms with Crippen LogP contribution in [0.1, 0.15) is 44.9 Å². The Morgan fingerprint density at radius 2 is 1.68 bits per heavy atom. The molecule has 106 valence electrons. The van der Waals surface area contributed by atoms with E-state index in [1.54, 1.807) is 0 Å². The van der Waals surface area contributed by atoms with Crippen molar-refractivity contribution in [3.63, 3.8) is 0 Å². The maximum atomic E-state index is 11.8. The lowest BCUT2D eigenvalue weighted by Crippen LogP contribution is -2.55. The summed E-state index contributed by atoms with van der Waals surface area (Å²) in [5.74, 6) is 3.29. The third kappa shape index (κ3) is 2.15. The molecule has 4 bridgehead atoms. The van der Waals surface area contributed by atoms with Gasteiger partial charge in [0.1, 0.15) is 0 Å². The molecule has 0 aromatic carbocycles. The lowest BCUT2D eigenvalue weighted by molar-refractivity contribution is -0.126. The number of rotatable bonds is 2. The third-order valence-corrected chi connectivity index (χ3v) is 6.27. The summed E-state index contributed by atoms with van der Waals surface area (Å²) in [7, 11) is 0. The maximum Gasteiger partial charge on any atom is 0.163 e. The number of hydrogen-bond donors (Lipinski definition) is 1. The van der Waals surface area contributed by atoms with Crippen LogP contribution in [0.5, 0.6) is 0 Å². The monoisotopic (exact) mass is 262 g/mol. The second-order valence-electron chi connectivity index (χ2n) is 7.99. The van der Waals surface area contributed by atoms with E-state index in [-0.39, 0.29) is 11.8 Å². The molecule has 5 rings (SSSR count). The fourth-order valence-corrected chi connectivity index (χ4v) is 5.99. The zero-order valence-corrected chi connectivity index (χ0v) is 11.8. The number of piperidine rings is 1. The first-order chi connectivity index (χ1) is 9.12. The van der Waals surface area contributed by atoms with Gasteiger partial charge >= 0.3 is 0 Å². The summed E-state index contributed by atoms with van der Waals surface area (Å²) in [6.45, 7) is 2.83. The van der Waals surface area contributed by atoms with Crippen LogP contribution in [0, 0.1) is 23.2 Å². The predicted molar refractivity (Wildman–Crippen MR) is 74.6 cm³/mol. The van der Waals surface area contributed by atoms with E-state index < -0.39 is 0 Å². The van der Waals surface area contributed by atoms with Gasteiger partial charge in [0, 0.05) is 13.1 Å². The minimum absolute atomic E-state index is 0.187. The van der Waals surface area contributed by atoms with E-state index in [1.807, 2.05) is 0 Å². The van der Waals surface area contributed by atoms with Gasteiger partial charge < -0.3 is 5.73 Å². The molecule has 19 heavy (non-hydrogen) atoms. The van der Waals surface area contributed by atoms with Crippen LogP contribution < -0.4 is 5.73 Å². The van der Waals surface area contributed by atoms with Crippen LogP contribution in [0.2, 0.25) is 0 Å². The molecule has 5 aliphatic rings. The lowest BCUT2D eigenvalue weighted by atomic mass is 9.49. The van der Waals surface area contributed by atoms with E-state index >= 15 is 0 Å². The molecule has 1 saturated heterocycles. The largest absolute Gasteiger partial charge is 0.321 e. The molecular weight excluding hydrogens is 236 g/mol. The van der Waals surface area contributed by atoms with E-state index in [4.69, 9.17) is 5.73 Å². The first kappa shape index (κ1) is 12.3. The Hall–Kier alpha value is -0.410. The second kappa shape index (κ2) is 4.29. The van der Waals surface area contributed by atoms with Gasteiger partial charge in [-0.3, -0.25) is 9.69 Å². The number of ketones is 1. The number of nitrogens with zero attached hydrogens (tertiary/aromatic N) is 1. The van der Waals surface area contributed by atoms with Crippen molar-refractivity contribution in [2.75, 3.05) is 19.6 Å². The van der Waals surface area contributed by atoms with Gasteiger partial charge in [-0.1, -0.05) is 0 Å². The van der Waals surface area contributed by atoms with Crippen LogP contribution >= 0.6 is 0 Å². The lowest BCUT2D eigenvalue weighted by Gasteiger charge is -2.58. The van der Waals surface area contributed by atoms with E-state index in [2.05, 4.69) is 4.90 Å². The summed E-state index contributed by atoms with van der Waals surface area (Å²) in [6.07, 6.45) is 9.70. The van der Waals surface area contributed by atoms with Crippen LogP contribution in [-0.4, -0.2) is 36.4 Å². The molecule has 0 amide bonds. The van der Waals surface area contributed by atoms with Crippen molar-refractivity contribution >= 4 is 5.78 Å². The molecule has 4 saturated carbocycles. The Labute approximate surface area is 115 Å². The Bertz CT molecular complexity index is 357. The first-order valence-corrected chi connectivity index (χ1v) is 8.13. The van der Waals surface area contributed by atoms with Crippen LogP contribution in [0.4, 0.5) is 0 Å². The number of carbonyl (C=O) groups is 1. The Balaban J connectivity index is 1.46. The molecule has 0 spiro atoms. The molecule has 0 aromatic rings. The van der Waals surface area contributed by atoms with Gasteiger partial charge in [-0.2, -0.15) is 0 Å². The van der Waals surface area contributed by atoms with Gasteiger partial charge in [-0.25, -0.2) is 0 Å². The average molecular weight is 262 g/mol. The van der Waals surface area contributed by atoms with Crippen molar-refractivity contribution in [2.24, 2.45) is 28.9 Å². The summed E-state index contributed by atoms with van der Waals surface area (Å²) in [5, 5.41) is 0. The highest BCUT2D eigenvalue weighted by Gasteiger charge is 2.51. The van der Waals surface area contributed by atoms with E-state index in [0.29, 0.717) is 12.0 Å². The zero-order chi connectivity index (χ0) is 13.0. The molecule has 4 aliphatic carbocycles. The third-order valence-electron chi connectivity index (χ3n) is 6.27. The first-order valence-electron chi connectivity index (χ1n) is 8.13. The topological polar surface area (TPSA) is 46.3 Å². The molecule has 3 nitrogen and oxygen atoms in total. The number of nitrogens with two attached hydrogens (primary N) is 1. The maximum absolute atomic E-state index is 11.8. The van der Waals surface area contributed by atoms with Crippen LogP contribution in [0.15, 0.2) is 0 Å². The predicted octanol–water partition coefficient (Wildman–Crippen LogP) is 1.80. The average Bonchev–Trinajstić information content (AvgIpc) is 2.31. The fraction of sp³-hybridized carbons (Fsp3) is 0.938. The Morgan fingerprint density at radius 3 is 2.21 bits per heavy atom. The molecule has 3 heteroatoms. The standard InChI is InChI=1S/C16H26N2O/c17-14-1-2-18(9-15(14)19)10-16-6-11-3-12(7-16)5-13(4-11)8-16/h11-14H,1-10,17H2. The number of carbonyl (C=O) groups excluding carboxylic acids is 1. The molecule has 0 radical (unpaired) electrons. The van der Waals surface area contributed by atoms with Crippen molar-refractivity contribution in [3.8, 4) is 0 Å². The minimum Gasteiger partial charge on any atom is -0.321 e. The van der Waals surface area contributed by atoms with E-state index in [1.165, 1.54) is 45.1 Å². The van der Waals surface area contributed by atoms with Crippen LogP contribution in [0.3, 0.4) is 0 Å². The minimum atomic E-state index is -0.187. The molecule has 1 aliphatic heterocycles. The van der Waals surface area contributed by atoms with Gasteiger partial charge in [0.2, 0.25) is 0 Å². The Morgan fingerprint density at radius 1 is 1.11 bits per heavy atom. The van der Waals surface area contributed by atoms with Crippen molar-refractivity contribution < 1.29 is 4.79 Å². The highest BCUT2D eigenvalue weighted by atomic mass is 16.1. The van der Waals surface area contributed by atoms with Crippen LogP contribution in [0.25, 0.3) is 0 Å². The molecule has 1 atom stereocenters. The van der Waals surface area contributed by atoms with Gasteiger partial charge in [-0.05, 0) is 68.1 Å². The van der Waals surface area contributed by atoms with Crippen LogP contribution in [-0.2, 0) is 4.79 Å². The molecular formula is C16H26N2O. The van der Waals surface area contributed by atoms with E-state index in [9.17, 15) is 4.79 Å². The number of likely N-dealkylation sites (tertiary alicyclic amines) is 1. The summed E-state index contributed by atoms with van der Waals surface area (Å²) in [4.78, 5) is 14.2. The van der Waals surface area contributed by atoms with E-state index in [0.717, 1.165) is 30.7 Å². The highest BCUT2D eigenvalue weighted by Crippen LogP contribution is 2.60. The van der Waals surface area contributed by atoms with Gasteiger partial charge in [0.15, 0.2) is 5.78 Å². The summed E-state index contributed by atoms with van der Waals surface area (Å²) >= 11 is 0. The fourth-order valence-electron chi connectivity index (χ4n) is 5.99. The zero-order valence-electron chi connectivity index (χ0n) is 11.8. The Kier molecular flexibility index (Phi) is 2.79. The van der Waals surface area contributed by atoms with Crippen molar-refractivity contribution in [1.82, 2.24) is 4.90 Å². The number of Topliss-reactive ketones (excluding diaryl/α,β-unsaturated/α-hetero) is 1. The molecule has 1 heterocycles. The van der Waals surface area contributed by atoms with Gasteiger partial charge in [-0.15, -0.1) is 0 Å². The number of hydrogen-bond acceptors (Lipinski definition) is 3. The quantitative estimate of drug-likeness (QED) is 0.825. The van der Waals surface area contributed by atoms with Crippen molar-refractivity contribution in [2.45, 2.75) is 51.0 Å². The van der Waals surface area contributed by atoms with Gasteiger partial charge in [0.25, 0.3) is 0 Å². The highest BCUT2D eigenvalue weighted by molar-refractivity contribution is 5.86. The summed E-state index contributed by atoms with van der Waals surface area (Å²) in [6, 6.07) is -0.187. The second-order valence-corrected chi connectivity index (χ2v) is 7.99. The van der Waals surface area contributed by atoms with Gasteiger partial charge in [0.05, 0.1) is 12.6 Å². The summed E-state index contributed by atoms with van der Waals surface area (Å²) < 4.78 is 0. The normalized spacial score (nSPS) is 49.8. The molecule has 0 aromatic heterocycles. The summed E-state index contributed by atoms with van der Waals surface area (Å²) in [5.41, 5.74) is 6.39.